The summed E-state index contributed by atoms with van der Waals surface area (Å²) in [6, 6.07) is 6.23. The van der Waals surface area contributed by atoms with Crippen molar-refractivity contribution in [1.82, 2.24) is 10.3 Å². The summed E-state index contributed by atoms with van der Waals surface area (Å²) in [6.45, 7) is 3.39. The number of carbonyl (C=O) groups is 1. The molecule has 0 unspecified atom stereocenters. The minimum Gasteiger partial charge on any atom is -0.371 e. The predicted octanol–water partition coefficient (Wildman–Crippen LogP) is 3.76. The normalized spacial score (nSPS) is 16.0. The average Bonchev–Trinajstić information content (AvgIpc) is 2.47. The van der Waals surface area contributed by atoms with Gasteiger partial charge in [-0.25, -0.2) is 0 Å². The minimum atomic E-state index is 0.0449. The first kappa shape index (κ1) is 15.6. The highest BCUT2D eigenvalue weighted by molar-refractivity contribution is 9.10. The zero-order chi connectivity index (χ0) is 15.7. The highest BCUT2D eigenvalue weighted by Crippen LogP contribution is 2.34. The topological polar surface area (TPSA) is 45.2 Å². The molecule has 0 saturated carbocycles. The molecule has 1 aromatic carbocycles. The molecule has 1 aliphatic rings. The molecule has 22 heavy (non-hydrogen) atoms. The Kier molecular flexibility index (Phi) is 4.54. The fraction of sp³-hybridized carbons (Fsp3) is 0.375. The highest BCUT2D eigenvalue weighted by Gasteiger charge is 2.21. The van der Waals surface area contributed by atoms with E-state index in [0.717, 1.165) is 47.0 Å². The van der Waals surface area contributed by atoms with E-state index in [1.54, 1.807) is 13.1 Å². The van der Waals surface area contributed by atoms with E-state index in [9.17, 15) is 4.79 Å². The standard InChI is InChI=1S/C16H17BrClN3O/c1-10(22)20-12-3-6-21(7-4-12)15-2-5-19-16-13(15)8-11(17)9-14(16)18/h2,5,8-9,12H,3-4,6-7H2,1H3,(H,20,22). The second-order valence-corrected chi connectivity index (χ2v) is 6.90. The molecule has 1 saturated heterocycles. The molecule has 0 aliphatic carbocycles. The average molecular weight is 383 g/mol. The molecule has 0 radical (unpaired) electrons. The lowest BCUT2D eigenvalue weighted by Crippen LogP contribution is -2.44. The molecule has 0 bridgehead atoms. The Balaban J connectivity index is 1.87. The van der Waals surface area contributed by atoms with Crippen LogP contribution in [0.4, 0.5) is 5.69 Å². The van der Waals surface area contributed by atoms with Crippen LogP contribution in [0.3, 0.4) is 0 Å². The SMILES string of the molecule is CC(=O)NC1CCN(c2ccnc3c(Cl)cc(Br)cc23)CC1. The zero-order valence-electron chi connectivity index (χ0n) is 12.3. The lowest BCUT2D eigenvalue weighted by molar-refractivity contribution is -0.119. The van der Waals surface area contributed by atoms with Gasteiger partial charge in [0.05, 0.1) is 10.5 Å². The number of benzene rings is 1. The third kappa shape index (κ3) is 3.20. The van der Waals surface area contributed by atoms with Crippen LogP contribution >= 0.6 is 27.5 Å². The number of pyridine rings is 1. The number of amides is 1. The summed E-state index contributed by atoms with van der Waals surface area (Å²) < 4.78 is 0.951. The molecular weight excluding hydrogens is 366 g/mol. The Morgan fingerprint density at radius 2 is 2.14 bits per heavy atom. The van der Waals surface area contributed by atoms with Crippen molar-refractivity contribution < 1.29 is 4.79 Å². The van der Waals surface area contributed by atoms with Crippen LogP contribution in [0.15, 0.2) is 28.9 Å². The molecular formula is C16H17BrClN3O. The molecule has 3 rings (SSSR count). The molecule has 4 nitrogen and oxygen atoms in total. The van der Waals surface area contributed by atoms with Crippen molar-refractivity contribution in [2.45, 2.75) is 25.8 Å². The van der Waals surface area contributed by atoms with Gasteiger partial charge in [-0.3, -0.25) is 9.78 Å². The zero-order valence-corrected chi connectivity index (χ0v) is 14.6. The third-order valence-corrected chi connectivity index (χ3v) is 4.73. The van der Waals surface area contributed by atoms with Gasteiger partial charge in [-0.15, -0.1) is 0 Å². The summed E-state index contributed by atoms with van der Waals surface area (Å²) in [7, 11) is 0. The summed E-state index contributed by atoms with van der Waals surface area (Å²) in [5, 5.41) is 4.71. The van der Waals surface area contributed by atoms with Crippen LogP contribution in [-0.2, 0) is 4.79 Å². The summed E-state index contributed by atoms with van der Waals surface area (Å²) in [6.07, 6.45) is 3.70. The van der Waals surface area contributed by atoms with Crippen molar-refractivity contribution in [2.24, 2.45) is 0 Å². The first-order chi connectivity index (χ1) is 10.5. The first-order valence-corrected chi connectivity index (χ1v) is 8.47. The highest BCUT2D eigenvalue weighted by atomic mass is 79.9. The molecule has 1 aromatic heterocycles. The molecule has 1 N–H and O–H groups in total. The number of piperidine rings is 1. The van der Waals surface area contributed by atoms with Crippen LogP contribution in [0.1, 0.15) is 19.8 Å². The number of anilines is 1. The molecule has 2 aromatic rings. The van der Waals surface area contributed by atoms with Crippen molar-refractivity contribution in [1.29, 1.82) is 0 Å². The number of fused-ring (bicyclic) bond motifs is 1. The molecule has 1 amide bonds. The van der Waals surface area contributed by atoms with Crippen LogP contribution in [0.2, 0.25) is 5.02 Å². The van der Waals surface area contributed by atoms with Gasteiger partial charge in [0, 0.05) is 47.8 Å². The Bertz CT molecular complexity index is 714. The van der Waals surface area contributed by atoms with Crippen LogP contribution < -0.4 is 10.2 Å². The third-order valence-electron chi connectivity index (χ3n) is 3.98. The second kappa shape index (κ2) is 6.42. The number of aromatic nitrogens is 1. The fourth-order valence-corrected chi connectivity index (χ4v) is 3.85. The summed E-state index contributed by atoms with van der Waals surface area (Å²) >= 11 is 9.80. The Morgan fingerprint density at radius 3 is 2.82 bits per heavy atom. The summed E-state index contributed by atoms with van der Waals surface area (Å²) in [4.78, 5) is 17.9. The maximum atomic E-state index is 11.2. The van der Waals surface area contributed by atoms with Crippen molar-refractivity contribution >= 4 is 50.0 Å². The largest absolute Gasteiger partial charge is 0.371 e. The number of halogens is 2. The van der Waals surface area contributed by atoms with Crippen molar-refractivity contribution in [3.05, 3.63) is 33.9 Å². The van der Waals surface area contributed by atoms with Gasteiger partial charge in [-0.2, -0.15) is 0 Å². The van der Waals surface area contributed by atoms with Gasteiger partial charge in [-0.1, -0.05) is 27.5 Å². The lowest BCUT2D eigenvalue weighted by atomic mass is 10.0. The van der Waals surface area contributed by atoms with E-state index in [2.05, 4.69) is 37.2 Å². The van der Waals surface area contributed by atoms with E-state index < -0.39 is 0 Å². The lowest BCUT2D eigenvalue weighted by Gasteiger charge is -2.34. The van der Waals surface area contributed by atoms with Gasteiger partial charge in [0.2, 0.25) is 5.91 Å². The van der Waals surface area contributed by atoms with Crippen LogP contribution in [-0.4, -0.2) is 30.0 Å². The Labute approximate surface area is 143 Å². The maximum Gasteiger partial charge on any atom is 0.217 e. The first-order valence-electron chi connectivity index (χ1n) is 7.30. The van der Waals surface area contributed by atoms with Crippen molar-refractivity contribution in [2.75, 3.05) is 18.0 Å². The molecule has 1 aliphatic heterocycles. The smallest absolute Gasteiger partial charge is 0.217 e. The van der Waals surface area contributed by atoms with E-state index in [1.165, 1.54) is 0 Å². The Morgan fingerprint density at radius 1 is 1.41 bits per heavy atom. The number of carbonyl (C=O) groups excluding carboxylic acids is 1. The predicted molar refractivity (Wildman–Crippen MR) is 93.5 cm³/mol. The number of nitrogens with zero attached hydrogens (tertiary/aromatic N) is 2. The second-order valence-electron chi connectivity index (χ2n) is 5.58. The quantitative estimate of drug-likeness (QED) is 0.860. The monoisotopic (exact) mass is 381 g/mol. The van der Waals surface area contributed by atoms with E-state index in [4.69, 9.17) is 11.6 Å². The minimum absolute atomic E-state index is 0.0449. The van der Waals surface area contributed by atoms with Gasteiger partial charge in [0.25, 0.3) is 0 Å². The molecule has 2 heterocycles. The van der Waals surface area contributed by atoms with Gasteiger partial charge >= 0.3 is 0 Å². The van der Waals surface area contributed by atoms with Crippen LogP contribution in [0.25, 0.3) is 10.9 Å². The van der Waals surface area contributed by atoms with E-state index in [1.807, 2.05) is 12.1 Å². The van der Waals surface area contributed by atoms with E-state index >= 15 is 0 Å². The molecule has 0 atom stereocenters. The van der Waals surface area contributed by atoms with Gasteiger partial charge in [0.1, 0.15) is 0 Å². The van der Waals surface area contributed by atoms with Crippen LogP contribution in [0, 0.1) is 0 Å². The van der Waals surface area contributed by atoms with Crippen molar-refractivity contribution in [3.63, 3.8) is 0 Å². The number of nitrogens with one attached hydrogen (secondary N) is 1. The molecule has 0 spiro atoms. The van der Waals surface area contributed by atoms with Gasteiger partial charge in [0.15, 0.2) is 0 Å². The number of hydrogen-bond donors (Lipinski definition) is 1. The molecule has 1 fully saturated rings. The number of hydrogen-bond acceptors (Lipinski definition) is 3. The fourth-order valence-electron chi connectivity index (χ4n) is 2.99. The molecule has 116 valence electrons. The van der Waals surface area contributed by atoms with Gasteiger partial charge < -0.3 is 10.2 Å². The van der Waals surface area contributed by atoms with E-state index in [0.29, 0.717) is 5.02 Å². The van der Waals surface area contributed by atoms with Crippen LogP contribution in [0.5, 0.6) is 0 Å². The molecule has 6 heteroatoms. The van der Waals surface area contributed by atoms with Crippen molar-refractivity contribution in [3.8, 4) is 0 Å². The Hall–Kier alpha value is -1.33. The van der Waals surface area contributed by atoms with E-state index in [-0.39, 0.29) is 11.9 Å². The summed E-state index contributed by atoms with van der Waals surface area (Å²) in [5.74, 6) is 0.0449. The maximum absolute atomic E-state index is 11.2. The van der Waals surface area contributed by atoms with Gasteiger partial charge in [-0.05, 0) is 31.0 Å². The number of rotatable bonds is 2. The summed E-state index contributed by atoms with van der Waals surface area (Å²) in [5.41, 5.74) is 1.97.